The quantitative estimate of drug-likeness (QED) is 0.812. The van der Waals surface area contributed by atoms with Crippen LogP contribution in [0, 0.1) is 0 Å². The first-order valence-electron chi connectivity index (χ1n) is 5.92. The lowest BCUT2D eigenvalue weighted by Gasteiger charge is -2.13. The van der Waals surface area contributed by atoms with E-state index in [-0.39, 0.29) is 0 Å². The third-order valence-corrected chi connectivity index (χ3v) is 3.56. The maximum atomic E-state index is 4.95. The minimum absolute atomic E-state index is 0.323. The predicted octanol–water partition coefficient (Wildman–Crippen LogP) is 2.68. The molecule has 96 valence electrons. The summed E-state index contributed by atoms with van der Waals surface area (Å²) >= 11 is 1.76. The molecular formula is C13H17N3OS. The van der Waals surface area contributed by atoms with Crippen LogP contribution in [0.2, 0.25) is 0 Å². The number of hydrogen-bond acceptors (Lipinski definition) is 5. The highest BCUT2D eigenvalue weighted by atomic mass is 32.2. The number of hydrogen-bond donors (Lipinski definition) is 1. The number of nitrogens with one attached hydrogen (secondary N) is 1. The molecule has 1 N–H and O–H groups in total. The molecule has 4 nitrogen and oxygen atoms in total. The summed E-state index contributed by atoms with van der Waals surface area (Å²) in [6, 6.07) is 8.95. The van der Waals surface area contributed by atoms with E-state index in [4.69, 9.17) is 4.52 Å². The SMILES string of the molecule is CSc1ccc(C(C)NCCc2ncno2)cc1. The average Bonchev–Trinajstić information content (AvgIpc) is 2.92. The normalized spacial score (nSPS) is 12.6. The van der Waals surface area contributed by atoms with Crippen LogP contribution in [0.3, 0.4) is 0 Å². The monoisotopic (exact) mass is 263 g/mol. The zero-order valence-electron chi connectivity index (χ0n) is 10.6. The van der Waals surface area contributed by atoms with Gasteiger partial charge < -0.3 is 9.84 Å². The van der Waals surface area contributed by atoms with Crippen LogP contribution < -0.4 is 5.32 Å². The van der Waals surface area contributed by atoms with Crippen molar-refractivity contribution in [2.75, 3.05) is 12.8 Å². The molecule has 1 aromatic carbocycles. The van der Waals surface area contributed by atoms with Crippen molar-refractivity contribution in [2.45, 2.75) is 24.3 Å². The molecule has 0 radical (unpaired) electrons. The fraction of sp³-hybridized carbons (Fsp3) is 0.385. The van der Waals surface area contributed by atoms with Crippen molar-refractivity contribution in [1.82, 2.24) is 15.5 Å². The van der Waals surface area contributed by atoms with Crippen molar-refractivity contribution in [3.63, 3.8) is 0 Å². The van der Waals surface area contributed by atoms with Crippen molar-refractivity contribution in [3.05, 3.63) is 42.0 Å². The molecule has 1 atom stereocenters. The molecule has 0 aliphatic rings. The number of benzene rings is 1. The Bertz CT molecular complexity index is 456. The second kappa shape index (κ2) is 6.56. The van der Waals surface area contributed by atoms with Crippen LogP contribution in [0.15, 0.2) is 40.0 Å². The van der Waals surface area contributed by atoms with Crippen LogP contribution in [0.1, 0.15) is 24.4 Å². The van der Waals surface area contributed by atoms with Gasteiger partial charge in [0.25, 0.3) is 0 Å². The Labute approximate surface area is 111 Å². The van der Waals surface area contributed by atoms with E-state index >= 15 is 0 Å². The Hall–Kier alpha value is -1.33. The van der Waals surface area contributed by atoms with E-state index in [0.717, 1.165) is 13.0 Å². The van der Waals surface area contributed by atoms with Gasteiger partial charge in [0.05, 0.1) is 0 Å². The second-order valence-corrected chi connectivity index (χ2v) is 4.91. The van der Waals surface area contributed by atoms with Crippen LogP contribution in [0.5, 0.6) is 0 Å². The molecule has 0 aliphatic carbocycles. The topological polar surface area (TPSA) is 51.0 Å². The summed E-state index contributed by atoms with van der Waals surface area (Å²) in [7, 11) is 0. The van der Waals surface area contributed by atoms with E-state index in [1.54, 1.807) is 11.8 Å². The van der Waals surface area contributed by atoms with Gasteiger partial charge >= 0.3 is 0 Å². The number of nitrogens with zero attached hydrogens (tertiary/aromatic N) is 2. The van der Waals surface area contributed by atoms with Crippen LogP contribution in [0.25, 0.3) is 0 Å². The van der Waals surface area contributed by atoms with Crippen molar-refractivity contribution in [3.8, 4) is 0 Å². The molecule has 1 heterocycles. The maximum absolute atomic E-state index is 4.95. The van der Waals surface area contributed by atoms with Crippen molar-refractivity contribution in [1.29, 1.82) is 0 Å². The maximum Gasteiger partial charge on any atom is 0.227 e. The lowest BCUT2D eigenvalue weighted by atomic mass is 10.1. The van der Waals surface area contributed by atoms with Gasteiger partial charge in [-0.15, -0.1) is 11.8 Å². The van der Waals surface area contributed by atoms with E-state index in [1.807, 2.05) is 0 Å². The van der Waals surface area contributed by atoms with E-state index in [0.29, 0.717) is 11.9 Å². The molecule has 1 aromatic heterocycles. The fourth-order valence-corrected chi connectivity index (χ4v) is 2.12. The van der Waals surface area contributed by atoms with E-state index in [2.05, 4.69) is 52.9 Å². The molecule has 18 heavy (non-hydrogen) atoms. The van der Waals surface area contributed by atoms with E-state index in [9.17, 15) is 0 Å². The van der Waals surface area contributed by atoms with Gasteiger partial charge in [0, 0.05) is 23.9 Å². The first-order valence-corrected chi connectivity index (χ1v) is 7.15. The molecule has 5 heteroatoms. The highest BCUT2D eigenvalue weighted by molar-refractivity contribution is 7.98. The van der Waals surface area contributed by atoms with Gasteiger partial charge in [0.2, 0.25) is 5.89 Å². The number of rotatable bonds is 6. The van der Waals surface area contributed by atoms with Gasteiger partial charge in [-0.1, -0.05) is 17.3 Å². The third-order valence-electron chi connectivity index (χ3n) is 2.81. The van der Waals surface area contributed by atoms with Crippen LogP contribution in [0.4, 0.5) is 0 Å². The van der Waals surface area contributed by atoms with Gasteiger partial charge in [-0.25, -0.2) is 0 Å². The standard InChI is InChI=1S/C13H17N3OS/c1-10(11-3-5-12(18-2)6-4-11)14-8-7-13-15-9-16-17-13/h3-6,9-10,14H,7-8H2,1-2H3. The summed E-state index contributed by atoms with van der Waals surface area (Å²) in [5.41, 5.74) is 1.29. The summed E-state index contributed by atoms with van der Waals surface area (Å²) in [5, 5.41) is 7.02. The van der Waals surface area contributed by atoms with Gasteiger partial charge in [-0.2, -0.15) is 4.98 Å². The first kappa shape index (κ1) is 13.1. The molecule has 0 bridgehead atoms. The number of thioether (sulfide) groups is 1. The number of aromatic nitrogens is 2. The zero-order chi connectivity index (χ0) is 12.8. The highest BCUT2D eigenvalue weighted by Gasteiger charge is 2.05. The van der Waals surface area contributed by atoms with Gasteiger partial charge in [-0.3, -0.25) is 0 Å². The van der Waals surface area contributed by atoms with Crippen molar-refractivity contribution >= 4 is 11.8 Å². The van der Waals surface area contributed by atoms with Gasteiger partial charge in [0.15, 0.2) is 6.33 Å². The molecule has 0 amide bonds. The summed E-state index contributed by atoms with van der Waals surface area (Å²) in [5.74, 6) is 0.674. The van der Waals surface area contributed by atoms with Gasteiger partial charge in [0.1, 0.15) is 0 Å². The zero-order valence-corrected chi connectivity index (χ0v) is 11.4. The molecule has 1 unspecified atom stereocenters. The summed E-state index contributed by atoms with van der Waals surface area (Å²) < 4.78 is 4.95. The molecule has 0 fully saturated rings. The molecule has 2 rings (SSSR count). The Morgan fingerprint density at radius 2 is 2.11 bits per heavy atom. The average molecular weight is 263 g/mol. The lowest BCUT2D eigenvalue weighted by Crippen LogP contribution is -2.21. The highest BCUT2D eigenvalue weighted by Crippen LogP contribution is 2.18. The largest absolute Gasteiger partial charge is 0.340 e. The Morgan fingerprint density at radius 3 is 2.72 bits per heavy atom. The second-order valence-electron chi connectivity index (χ2n) is 4.03. The molecule has 0 spiro atoms. The van der Waals surface area contributed by atoms with Crippen molar-refractivity contribution in [2.24, 2.45) is 0 Å². The van der Waals surface area contributed by atoms with E-state index < -0.39 is 0 Å². The molecule has 0 saturated carbocycles. The summed E-state index contributed by atoms with van der Waals surface area (Å²) in [6.07, 6.45) is 4.27. The minimum Gasteiger partial charge on any atom is -0.340 e. The Balaban J connectivity index is 1.81. The van der Waals surface area contributed by atoms with E-state index in [1.165, 1.54) is 16.8 Å². The molecular weight excluding hydrogens is 246 g/mol. The third kappa shape index (κ3) is 3.58. The lowest BCUT2D eigenvalue weighted by molar-refractivity contribution is 0.372. The molecule has 0 aliphatic heterocycles. The predicted molar refractivity (Wildman–Crippen MR) is 72.6 cm³/mol. The Morgan fingerprint density at radius 1 is 1.33 bits per heavy atom. The molecule has 2 aromatic rings. The molecule has 0 saturated heterocycles. The van der Waals surface area contributed by atoms with Crippen LogP contribution in [-0.4, -0.2) is 22.9 Å². The van der Waals surface area contributed by atoms with Crippen LogP contribution >= 0.6 is 11.8 Å². The van der Waals surface area contributed by atoms with Crippen LogP contribution in [-0.2, 0) is 6.42 Å². The first-order chi connectivity index (χ1) is 8.79. The fourth-order valence-electron chi connectivity index (χ4n) is 1.71. The van der Waals surface area contributed by atoms with Gasteiger partial charge in [-0.05, 0) is 30.9 Å². The smallest absolute Gasteiger partial charge is 0.227 e. The summed E-state index contributed by atoms with van der Waals surface area (Å²) in [6.45, 7) is 2.98. The summed E-state index contributed by atoms with van der Waals surface area (Å²) in [4.78, 5) is 5.28. The minimum atomic E-state index is 0.323. The Kier molecular flexibility index (Phi) is 4.78. The van der Waals surface area contributed by atoms with Crippen molar-refractivity contribution < 1.29 is 4.52 Å².